The Morgan fingerprint density at radius 3 is 2.94 bits per heavy atom. The maximum Gasteiger partial charge on any atom is 0.253 e. The predicted octanol–water partition coefficient (Wildman–Crippen LogP) is 1.16. The van der Waals surface area contributed by atoms with E-state index in [1.165, 1.54) is 0 Å². The van der Waals surface area contributed by atoms with Crippen LogP contribution in [0.25, 0.3) is 0 Å². The number of rotatable bonds is 3. The van der Waals surface area contributed by atoms with E-state index >= 15 is 0 Å². The van der Waals surface area contributed by atoms with Crippen molar-refractivity contribution in [2.45, 2.75) is 12.5 Å². The quantitative estimate of drug-likeness (QED) is 0.823. The monoisotopic (exact) mass is 233 g/mol. The number of carbonyl (C=O) groups is 1. The van der Waals surface area contributed by atoms with Gasteiger partial charge < -0.3 is 15.5 Å². The van der Waals surface area contributed by atoms with Crippen LogP contribution < -0.4 is 10.6 Å². The van der Waals surface area contributed by atoms with Crippen molar-refractivity contribution in [2.75, 3.05) is 32.5 Å². The fraction of sp³-hybridized carbons (Fsp3) is 0.462. The Labute approximate surface area is 102 Å². The molecule has 1 heterocycles. The summed E-state index contributed by atoms with van der Waals surface area (Å²) in [6.45, 7) is 2.06. The first-order valence-electron chi connectivity index (χ1n) is 5.96. The van der Waals surface area contributed by atoms with Crippen molar-refractivity contribution in [2.24, 2.45) is 0 Å². The summed E-state index contributed by atoms with van der Waals surface area (Å²) in [6, 6.07) is 8.16. The molecule has 0 saturated carbocycles. The highest BCUT2D eigenvalue weighted by atomic mass is 16.2. The molecule has 4 heteroatoms. The largest absolute Gasteiger partial charge is 0.381 e. The minimum Gasteiger partial charge on any atom is -0.381 e. The molecule has 1 aromatic rings. The zero-order valence-corrected chi connectivity index (χ0v) is 10.4. The fourth-order valence-electron chi connectivity index (χ4n) is 2.01. The number of amides is 1. The van der Waals surface area contributed by atoms with Crippen LogP contribution in [-0.4, -0.2) is 44.0 Å². The van der Waals surface area contributed by atoms with E-state index in [1.54, 1.807) is 19.0 Å². The van der Waals surface area contributed by atoms with Crippen molar-refractivity contribution >= 4 is 11.6 Å². The van der Waals surface area contributed by atoms with Gasteiger partial charge in [-0.3, -0.25) is 4.79 Å². The van der Waals surface area contributed by atoms with Crippen LogP contribution in [0.4, 0.5) is 5.69 Å². The molecule has 1 aliphatic heterocycles. The smallest absolute Gasteiger partial charge is 0.253 e. The van der Waals surface area contributed by atoms with Gasteiger partial charge in [0.2, 0.25) is 0 Å². The zero-order valence-electron chi connectivity index (χ0n) is 10.4. The molecule has 1 atom stereocenters. The SMILES string of the molecule is CN(C)C(=O)c1cccc(NC2CCNC2)c1. The van der Waals surface area contributed by atoms with E-state index in [0.29, 0.717) is 6.04 Å². The molecule has 0 aliphatic carbocycles. The lowest BCUT2D eigenvalue weighted by atomic mass is 10.1. The van der Waals surface area contributed by atoms with Gasteiger partial charge in [0.05, 0.1) is 0 Å². The molecule has 1 saturated heterocycles. The summed E-state index contributed by atoms with van der Waals surface area (Å²) < 4.78 is 0. The molecular weight excluding hydrogens is 214 g/mol. The second-order valence-electron chi connectivity index (χ2n) is 4.61. The van der Waals surface area contributed by atoms with E-state index in [1.807, 2.05) is 24.3 Å². The van der Waals surface area contributed by atoms with E-state index in [0.717, 1.165) is 30.8 Å². The number of nitrogens with zero attached hydrogens (tertiary/aromatic N) is 1. The van der Waals surface area contributed by atoms with Crippen LogP contribution in [0.3, 0.4) is 0 Å². The topological polar surface area (TPSA) is 44.4 Å². The van der Waals surface area contributed by atoms with Gasteiger partial charge in [0.1, 0.15) is 0 Å². The van der Waals surface area contributed by atoms with Crippen molar-refractivity contribution in [3.63, 3.8) is 0 Å². The molecule has 4 nitrogen and oxygen atoms in total. The van der Waals surface area contributed by atoms with E-state index in [9.17, 15) is 4.79 Å². The lowest BCUT2D eigenvalue weighted by Crippen LogP contribution is -2.23. The van der Waals surface area contributed by atoms with Crippen LogP contribution >= 0.6 is 0 Å². The van der Waals surface area contributed by atoms with Gasteiger partial charge in [-0.1, -0.05) is 6.07 Å². The number of hydrogen-bond acceptors (Lipinski definition) is 3. The van der Waals surface area contributed by atoms with Crippen LogP contribution in [0.15, 0.2) is 24.3 Å². The Bertz CT molecular complexity index is 397. The second-order valence-corrected chi connectivity index (χ2v) is 4.61. The minimum atomic E-state index is 0.0400. The Kier molecular flexibility index (Phi) is 3.64. The Hall–Kier alpha value is -1.55. The second kappa shape index (κ2) is 5.19. The number of hydrogen-bond donors (Lipinski definition) is 2. The van der Waals surface area contributed by atoms with Crippen LogP contribution in [0.1, 0.15) is 16.8 Å². The third-order valence-corrected chi connectivity index (χ3v) is 2.95. The highest BCUT2D eigenvalue weighted by molar-refractivity contribution is 5.94. The van der Waals surface area contributed by atoms with E-state index in [4.69, 9.17) is 0 Å². The molecule has 92 valence electrons. The van der Waals surface area contributed by atoms with Gasteiger partial charge in [0.15, 0.2) is 0 Å². The van der Waals surface area contributed by atoms with Crippen LogP contribution in [-0.2, 0) is 0 Å². The van der Waals surface area contributed by atoms with E-state index < -0.39 is 0 Å². The van der Waals surface area contributed by atoms with Crippen molar-refractivity contribution in [3.8, 4) is 0 Å². The first-order valence-corrected chi connectivity index (χ1v) is 5.96. The molecule has 1 aliphatic rings. The Morgan fingerprint density at radius 2 is 2.29 bits per heavy atom. The summed E-state index contributed by atoms with van der Waals surface area (Å²) in [5.74, 6) is 0.0400. The third kappa shape index (κ3) is 2.97. The molecule has 0 aromatic heterocycles. The molecule has 0 bridgehead atoms. The molecule has 2 rings (SSSR count). The fourth-order valence-corrected chi connectivity index (χ4v) is 2.01. The van der Waals surface area contributed by atoms with E-state index in [-0.39, 0.29) is 5.91 Å². The maximum atomic E-state index is 11.8. The molecule has 2 N–H and O–H groups in total. The number of nitrogens with one attached hydrogen (secondary N) is 2. The van der Waals surface area contributed by atoms with E-state index in [2.05, 4.69) is 10.6 Å². The van der Waals surface area contributed by atoms with Gasteiger partial charge in [-0.05, 0) is 31.2 Å². The van der Waals surface area contributed by atoms with Gasteiger partial charge in [-0.2, -0.15) is 0 Å². The first-order chi connectivity index (χ1) is 8.16. The molecule has 0 spiro atoms. The van der Waals surface area contributed by atoms with Crippen LogP contribution in [0.5, 0.6) is 0 Å². The van der Waals surface area contributed by atoms with Crippen molar-refractivity contribution in [3.05, 3.63) is 29.8 Å². The van der Waals surface area contributed by atoms with Gasteiger partial charge in [0.25, 0.3) is 5.91 Å². The standard InChI is InChI=1S/C13H19N3O/c1-16(2)13(17)10-4-3-5-11(8-10)15-12-6-7-14-9-12/h3-5,8,12,14-15H,6-7,9H2,1-2H3. The van der Waals surface area contributed by atoms with Gasteiger partial charge in [0, 0.05) is 37.9 Å². The molecule has 1 amide bonds. The Morgan fingerprint density at radius 1 is 1.47 bits per heavy atom. The molecular formula is C13H19N3O. The lowest BCUT2D eigenvalue weighted by Gasteiger charge is -2.15. The van der Waals surface area contributed by atoms with Crippen LogP contribution in [0, 0.1) is 0 Å². The van der Waals surface area contributed by atoms with Crippen LogP contribution in [0.2, 0.25) is 0 Å². The predicted molar refractivity (Wildman–Crippen MR) is 69.4 cm³/mol. The first kappa shape index (κ1) is 11.9. The molecule has 1 aromatic carbocycles. The minimum absolute atomic E-state index is 0.0400. The highest BCUT2D eigenvalue weighted by Gasteiger charge is 2.14. The summed E-state index contributed by atoms with van der Waals surface area (Å²) in [4.78, 5) is 13.4. The molecule has 1 fully saturated rings. The van der Waals surface area contributed by atoms with Crippen molar-refractivity contribution in [1.29, 1.82) is 0 Å². The molecule has 0 radical (unpaired) electrons. The van der Waals surface area contributed by atoms with Crippen molar-refractivity contribution in [1.82, 2.24) is 10.2 Å². The molecule has 1 unspecified atom stereocenters. The van der Waals surface area contributed by atoms with Crippen molar-refractivity contribution < 1.29 is 4.79 Å². The highest BCUT2D eigenvalue weighted by Crippen LogP contribution is 2.14. The summed E-state index contributed by atoms with van der Waals surface area (Å²) in [6.07, 6.45) is 1.13. The lowest BCUT2D eigenvalue weighted by molar-refractivity contribution is 0.0827. The number of anilines is 1. The normalized spacial score (nSPS) is 19.1. The molecule has 17 heavy (non-hydrogen) atoms. The average Bonchev–Trinajstić information content (AvgIpc) is 2.81. The summed E-state index contributed by atoms with van der Waals surface area (Å²) >= 11 is 0. The van der Waals surface area contributed by atoms with Gasteiger partial charge >= 0.3 is 0 Å². The summed E-state index contributed by atoms with van der Waals surface area (Å²) in [5, 5.41) is 6.75. The maximum absolute atomic E-state index is 11.8. The number of benzene rings is 1. The third-order valence-electron chi connectivity index (χ3n) is 2.95. The van der Waals surface area contributed by atoms with Gasteiger partial charge in [-0.15, -0.1) is 0 Å². The average molecular weight is 233 g/mol. The Balaban J connectivity index is 2.08. The summed E-state index contributed by atoms with van der Waals surface area (Å²) in [7, 11) is 3.53. The number of carbonyl (C=O) groups excluding carboxylic acids is 1. The van der Waals surface area contributed by atoms with Gasteiger partial charge in [-0.25, -0.2) is 0 Å². The summed E-state index contributed by atoms with van der Waals surface area (Å²) in [5.41, 5.74) is 1.75. The zero-order chi connectivity index (χ0) is 12.3.